The maximum absolute atomic E-state index is 12.4. The summed E-state index contributed by atoms with van der Waals surface area (Å²) in [5.41, 5.74) is 3.10. The van der Waals surface area contributed by atoms with Crippen molar-refractivity contribution in [3.05, 3.63) is 29.3 Å². The van der Waals surface area contributed by atoms with Crippen LogP contribution in [-0.2, 0) is 16.0 Å². The third-order valence-corrected chi connectivity index (χ3v) is 5.87. The van der Waals surface area contributed by atoms with Gasteiger partial charge in [0.2, 0.25) is 5.91 Å². The molecule has 3 rings (SSSR count). The van der Waals surface area contributed by atoms with Gasteiger partial charge >= 0.3 is 0 Å². The molecular formula is C22H31N3O2. The fourth-order valence-corrected chi connectivity index (χ4v) is 4.20. The lowest BCUT2D eigenvalue weighted by atomic mass is 9.90. The van der Waals surface area contributed by atoms with Gasteiger partial charge in [-0.1, -0.05) is 26.2 Å². The minimum absolute atomic E-state index is 0.112. The predicted octanol–water partition coefficient (Wildman–Crippen LogP) is 3.37. The Labute approximate surface area is 162 Å². The molecule has 0 bridgehead atoms. The van der Waals surface area contributed by atoms with Crippen LogP contribution in [0.2, 0.25) is 0 Å². The molecule has 2 fully saturated rings. The minimum Gasteiger partial charge on any atom is -0.371 e. The Kier molecular flexibility index (Phi) is 7.11. The lowest BCUT2D eigenvalue weighted by Crippen LogP contribution is -2.50. The summed E-state index contributed by atoms with van der Waals surface area (Å²) in [6, 6.07) is 8.11. The van der Waals surface area contributed by atoms with Crippen molar-refractivity contribution in [2.24, 2.45) is 5.92 Å². The Morgan fingerprint density at radius 3 is 2.59 bits per heavy atom. The molecule has 2 aliphatic rings. The molecule has 1 amide bonds. The van der Waals surface area contributed by atoms with E-state index >= 15 is 0 Å². The third kappa shape index (κ3) is 5.23. The second-order valence-electron chi connectivity index (χ2n) is 7.70. The molecule has 5 heteroatoms. The number of nitriles is 1. The minimum atomic E-state index is 0.112. The highest BCUT2D eigenvalue weighted by molar-refractivity contribution is 5.77. The molecule has 1 aliphatic heterocycles. The maximum Gasteiger partial charge on any atom is 0.248 e. The Hall–Kier alpha value is -2.06. The number of piperazine rings is 1. The van der Waals surface area contributed by atoms with Gasteiger partial charge in [0, 0.05) is 31.9 Å². The van der Waals surface area contributed by atoms with E-state index in [2.05, 4.69) is 17.9 Å². The molecule has 1 saturated heterocycles. The number of benzene rings is 1. The first-order valence-corrected chi connectivity index (χ1v) is 10.3. The maximum atomic E-state index is 12.4. The Morgan fingerprint density at radius 2 is 1.93 bits per heavy atom. The van der Waals surface area contributed by atoms with Gasteiger partial charge in [-0.3, -0.25) is 4.79 Å². The van der Waals surface area contributed by atoms with E-state index in [1.165, 1.54) is 43.4 Å². The number of aryl methyl sites for hydroxylation is 1. The summed E-state index contributed by atoms with van der Waals surface area (Å²) >= 11 is 0. The molecule has 5 nitrogen and oxygen atoms in total. The van der Waals surface area contributed by atoms with Crippen LogP contribution in [0, 0.1) is 17.2 Å². The van der Waals surface area contributed by atoms with Crippen LogP contribution >= 0.6 is 0 Å². The first-order chi connectivity index (χ1) is 13.2. The smallest absolute Gasteiger partial charge is 0.248 e. The van der Waals surface area contributed by atoms with Crippen LogP contribution < -0.4 is 4.90 Å². The molecule has 0 unspecified atom stereocenters. The molecule has 0 N–H and O–H groups in total. The van der Waals surface area contributed by atoms with E-state index in [9.17, 15) is 4.79 Å². The van der Waals surface area contributed by atoms with Crippen molar-refractivity contribution in [2.75, 3.05) is 44.3 Å². The van der Waals surface area contributed by atoms with Crippen molar-refractivity contribution in [1.29, 1.82) is 5.26 Å². The fourth-order valence-electron chi connectivity index (χ4n) is 4.20. The molecule has 1 heterocycles. The Bertz CT molecular complexity index is 669. The van der Waals surface area contributed by atoms with Gasteiger partial charge in [-0.15, -0.1) is 0 Å². The van der Waals surface area contributed by atoms with Crippen LogP contribution in [0.4, 0.5) is 5.69 Å². The van der Waals surface area contributed by atoms with E-state index < -0.39 is 0 Å². The molecule has 1 saturated carbocycles. The van der Waals surface area contributed by atoms with Gasteiger partial charge in [0.25, 0.3) is 0 Å². The molecule has 0 spiro atoms. The molecular weight excluding hydrogens is 338 g/mol. The van der Waals surface area contributed by atoms with Crippen LogP contribution in [0.25, 0.3) is 0 Å². The monoisotopic (exact) mass is 369 g/mol. The van der Waals surface area contributed by atoms with Gasteiger partial charge in [0.1, 0.15) is 6.61 Å². The largest absolute Gasteiger partial charge is 0.371 e. The standard InChI is InChI=1S/C22H31N3O2/c1-2-20-14-19(15-23)8-9-21(20)24-10-12-25(13-11-24)22(26)17-27-16-18-6-4-3-5-7-18/h8-9,14,18H,2-7,10-13,16-17H2,1H3. The third-order valence-electron chi connectivity index (χ3n) is 5.87. The zero-order valence-electron chi connectivity index (χ0n) is 16.5. The Balaban J connectivity index is 1.45. The first kappa shape index (κ1) is 19.7. The van der Waals surface area contributed by atoms with Crippen molar-refractivity contribution in [1.82, 2.24) is 4.90 Å². The molecule has 0 atom stereocenters. The topological polar surface area (TPSA) is 56.6 Å². The fraction of sp³-hybridized carbons (Fsp3) is 0.636. The van der Waals surface area contributed by atoms with Crippen LogP contribution in [0.15, 0.2) is 18.2 Å². The van der Waals surface area contributed by atoms with E-state index in [-0.39, 0.29) is 12.5 Å². The highest BCUT2D eigenvalue weighted by Crippen LogP contribution is 2.25. The number of ether oxygens (including phenoxy) is 1. The zero-order valence-corrected chi connectivity index (χ0v) is 16.5. The molecule has 27 heavy (non-hydrogen) atoms. The summed E-state index contributed by atoms with van der Waals surface area (Å²) in [4.78, 5) is 16.7. The Morgan fingerprint density at radius 1 is 1.19 bits per heavy atom. The number of anilines is 1. The molecule has 1 aromatic rings. The quantitative estimate of drug-likeness (QED) is 0.771. The summed E-state index contributed by atoms with van der Waals surface area (Å²) < 4.78 is 5.73. The van der Waals surface area contributed by atoms with Crippen LogP contribution in [-0.4, -0.2) is 50.2 Å². The average molecular weight is 370 g/mol. The first-order valence-electron chi connectivity index (χ1n) is 10.3. The van der Waals surface area contributed by atoms with Crippen molar-refractivity contribution >= 4 is 11.6 Å². The molecule has 146 valence electrons. The number of carbonyl (C=O) groups is 1. The highest BCUT2D eigenvalue weighted by Gasteiger charge is 2.23. The second kappa shape index (κ2) is 9.75. The number of hydrogen-bond donors (Lipinski definition) is 0. The van der Waals surface area contributed by atoms with Crippen molar-refractivity contribution < 1.29 is 9.53 Å². The average Bonchev–Trinajstić information content (AvgIpc) is 2.74. The van der Waals surface area contributed by atoms with Crippen molar-refractivity contribution in [3.63, 3.8) is 0 Å². The van der Waals surface area contributed by atoms with E-state index in [4.69, 9.17) is 10.00 Å². The highest BCUT2D eigenvalue weighted by atomic mass is 16.5. The number of carbonyl (C=O) groups excluding carboxylic acids is 1. The van der Waals surface area contributed by atoms with Crippen LogP contribution in [0.5, 0.6) is 0 Å². The van der Waals surface area contributed by atoms with E-state index in [0.29, 0.717) is 11.5 Å². The van der Waals surface area contributed by atoms with Crippen molar-refractivity contribution in [3.8, 4) is 6.07 Å². The summed E-state index contributed by atoms with van der Waals surface area (Å²) in [5, 5.41) is 9.09. The number of nitrogens with zero attached hydrogens (tertiary/aromatic N) is 3. The second-order valence-corrected chi connectivity index (χ2v) is 7.70. The van der Waals surface area contributed by atoms with Gasteiger partial charge in [-0.2, -0.15) is 5.26 Å². The lowest BCUT2D eigenvalue weighted by Gasteiger charge is -2.37. The van der Waals surface area contributed by atoms with Gasteiger partial charge in [0.15, 0.2) is 0 Å². The van der Waals surface area contributed by atoms with Crippen LogP contribution in [0.1, 0.15) is 50.2 Å². The molecule has 0 radical (unpaired) electrons. The van der Waals surface area contributed by atoms with Crippen LogP contribution in [0.3, 0.4) is 0 Å². The zero-order chi connectivity index (χ0) is 19.1. The molecule has 1 aliphatic carbocycles. The summed E-state index contributed by atoms with van der Waals surface area (Å²) in [5.74, 6) is 0.758. The molecule has 0 aromatic heterocycles. The SMILES string of the molecule is CCc1cc(C#N)ccc1N1CCN(C(=O)COCC2CCCCC2)CC1. The summed E-state index contributed by atoms with van der Waals surface area (Å²) in [6.07, 6.45) is 7.35. The predicted molar refractivity (Wildman–Crippen MR) is 107 cm³/mol. The van der Waals surface area contributed by atoms with E-state index in [1.807, 2.05) is 23.1 Å². The van der Waals surface area contributed by atoms with E-state index in [1.54, 1.807) is 0 Å². The molecule has 1 aromatic carbocycles. The van der Waals surface area contributed by atoms with Gasteiger partial charge < -0.3 is 14.5 Å². The van der Waals surface area contributed by atoms with Crippen molar-refractivity contribution in [2.45, 2.75) is 45.4 Å². The normalized spacial score (nSPS) is 18.4. The lowest BCUT2D eigenvalue weighted by molar-refractivity contribution is -0.137. The number of rotatable bonds is 6. The summed E-state index contributed by atoms with van der Waals surface area (Å²) in [7, 11) is 0. The number of amides is 1. The van der Waals surface area contributed by atoms with Gasteiger partial charge in [0.05, 0.1) is 18.2 Å². The number of hydrogen-bond acceptors (Lipinski definition) is 4. The summed E-state index contributed by atoms with van der Waals surface area (Å²) in [6.45, 7) is 6.18. The van der Waals surface area contributed by atoms with E-state index in [0.717, 1.165) is 39.2 Å². The van der Waals surface area contributed by atoms with Gasteiger partial charge in [-0.25, -0.2) is 0 Å². The van der Waals surface area contributed by atoms with Gasteiger partial charge in [-0.05, 0) is 48.9 Å².